The predicted molar refractivity (Wildman–Crippen MR) is 77.7 cm³/mol. The zero-order valence-corrected chi connectivity index (χ0v) is 11.6. The predicted octanol–water partition coefficient (Wildman–Crippen LogP) is 3.83. The first-order chi connectivity index (χ1) is 8.66. The number of hydrogen-bond donors (Lipinski definition) is 0. The maximum atomic E-state index is 6.58. The van der Waals surface area contributed by atoms with Gasteiger partial charge in [-0.05, 0) is 49.4 Å². The van der Waals surface area contributed by atoms with Crippen molar-refractivity contribution in [1.29, 1.82) is 0 Å². The molecule has 0 spiro atoms. The molecule has 0 atom stereocenters. The topological polar surface area (TPSA) is 16.1 Å². The first kappa shape index (κ1) is 11.8. The lowest BCUT2D eigenvalue weighted by Crippen LogP contribution is -2.09. The van der Waals surface area contributed by atoms with Crippen LogP contribution in [0.1, 0.15) is 24.1 Å². The summed E-state index contributed by atoms with van der Waals surface area (Å²) in [5, 5.41) is 2.00. The van der Waals surface area contributed by atoms with Crippen molar-refractivity contribution in [1.82, 2.24) is 4.98 Å². The van der Waals surface area contributed by atoms with Crippen molar-refractivity contribution in [2.45, 2.75) is 25.7 Å². The molecule has 0 N–H and O–H groups in total. The van der Waals surface area contributed by atoms with Gasteiger partial charge in [-0.1, -0.05) is 11.6 Å². The summed E-state index contributed by atoms with van der Waals surface area (Å²) in [6, 6.07) is 6.31. The van der Waals surface area contributed by atoms with Gasteiger partial charge >= 0.3 is 0 Å². The highest BCUT2D eigenvalue weighted by Crippen LogP contribution is 2.34. The average Bonchev–Trinajstić information content (AvgIpc) is 2.38. The molecule has 3 rings (SSSR count). The minimum atomic E-state index is 0.915. The second-order valence-corrected chi connectivity index (χ2v) is 5.53. The van der Waals surface area contributed by atoms with E-state index in [-0.39, 0.29) is 0 Å². The van der Waals surface area contributed by atoms with Crippen LogP contribution < -0.4 is 4.90 Å². The molecule has 1 aliphatic carbocycles. The zero-order chi connectivity index (χ0) is 12.7. The number of aromatic nitrogens is 1. The molecule has 94 valence electrons. The molecule has 18 heavy (non-hydrogen) atoms. The summed E-state index contributed by atoms with van der Waals surface area (Å²) in [6.45, 7) is 0. The van der Waals surface area contributed by atoms with Gasteiger partial charge in [0.25, 0.3) is 0 Å². The maximum Gasteiger partial charge on any atom is 0.0722 e. The number of benzene rings is 1. The van der Waals surface area contributed by atoms with E-state index in [4.69, 9.17) is 16.6 Å². The number of fused-ring (bicyclic) bond motifs is 2. The van der Waals surface area contributed by atoms with E-state index in [2.05, 4.69) is 23.1 Å². The molecule has 0 unspecified atom stereocenters. The van der Waals surface area contributed by atoms with E-state index < -0.39 is 0 Å². The first-order valence-corrected chi connectivity index (χ1v) is 6.83. The lowest BCUT2D eigenvalue weighted by molar-refractivity contribution is 0.671. The molecule has 1 aliphatic rings. The van der Waals surface area contributed by atoms with Crippen molar-refractivity contribution < 1.29 is 0 Å². The van der Waals surface area contributed by atoms with Crippen LogP contribution in [-0.4, -0.2) is 19.1 Å². The first-order valence-electron chi connectivity index (χ1n) is 6.45. The smallest absolute Gasteiger partial charge is 0.0722 e. The molecule has 0 aliphatic heterocycles. The third-order valence-corrected chi connectivity index (χ3v) is 4.12. The third kappa shape index (κ3) is 1.85. The fourth-order valence-corrected chi connectivity index (χ4v) is 2.99. The van der Waals surface area contributed by atoms with Crippen LogP contribution in [-0.2, 0) is 12.8 Å². The number of aryl methyl sites for hydroxylation is 1. The van der Waals surface area contributed by atoms with Crippen molar-refractivity contribution in [3.8, 4) is 0 Å². The van der Waals surface area contributed by atoms with E-state index >= 15 is 0 Å². The zero-order valence-electron chi connectivity index (χ0n) is 10.8. The summed E-state index contributed by atoms with van der Waals surface area (Å²) in [5.41, 5.74) is 4.66. The van der Waals surface area contributed by atoms with Crippen LogP contribution in [0.5, 0.6) is 0 Å². The highest BCUT2D eigenvalue weighted by atomic mass is 35.5. The normalized spacial score (nSPS) is 14.6. The van der Waals surface area contributed by atoms with Gasteiger partial charge in [-0.2, -0.15) is 0 Å². The van der Waals surface area contributed by atoms with Crippen molar-refractivity contribution in [2.75, 3.05) is 19.0 Å². The van der Waals surface area contributed by atoms with Crippen LogP contribution in [0.3, 0.4) is 0 Å². The quantitative estimate of drug-likeness (QED) is 0.775. The molecule has 0 amide bonds. The van der Waals surface area contributed by atoms with Gasteiger partial charge in [-0.25, -0.2) is 0 Å². The van der Waals surface area contributed by atoms with Gasteiger partial charge in [0.15, 0.2) is 0 Å². The van der Waals surface area contributed by atoms with E-state index in [0.29, 0.717) is 0 Å². The number of pyridine rings is 1. The standard InChI is InChI=1S/C15H17ClN2/c1-18(2)10-7-8-14-12(9-10)15(16)11-5-3-4-6-13(11)17-14/h7-9H,3-6H2,1-2H3. The molecule has 2 aromatic rings. The molecule has 0 saturated heterocycles. The van der Waals surface area contributed by atoms with E-state index in [1.54, 1.807) is 0 Å². The Kier molecular flexibility index (Phi) is 2.90. The van der Waals surface area contributed by atoms with Crippen LogP contribution in [0.15, 0.2) is 18.2 Å². The fourth-order valence-electron chi connectivity index (χ4n) is 2.63. The van der Waals surface area contributed by atoms with Gasteiger partial charge < -0.3 is 4.90 Å². The Labute approximate surface area is 113 Å². The van der Waals surface area contributed by atoms with Crippen molar-refractivity contribution >= 4 is 28.2 Å². The number of anilines is 1. The van der Waals surface area contributed by atoms with Crippen LogP contribution in [0.25, 0.3) is 10.9 Å². The van der Waals surface area contributed by atoms with E-state index in [0.717, 1.165) is 28.8 Å². The minimum Gasteiger partial charge on any atom is -0.378 e. The molecule has 1 aromatic carbocycles. The molecule has 0 radical (unpaired) electrons. The monoisotopic (exact) mass is 260 g/mol. The molecule has 3 heteroatoms. The molecular weight excluding hydrogens is 244 g/mol. The summed E-state index contributed by atoms with van der Waals surface area (Å²) in [5.74, 6) is 0. The average molecular weight is 261 g/mol. The minimum absolute atomic E-state index is 0.915. The molecule has 2 nitrogen and oxygen atoms in total. The van der Waals surface area contributed by atoms with Crippen LogP contribution in [0, 0.1) is 0 Å². The van der Waals surface area contributed by atoms with Gasteiger partial charge in [0.1, 0.15) is 0 Å². The summed E-state index contributed by atoms with van der Waals surface area (Å²) in [4.78, 5) is 6.87. The van der Waals surface area contributed by atoms with Gasteiger partial charge in [0.05, 0.1) is 10.5 Å². The summed E-state index contributed by atoms with van der Waals surface area (Å²) in [6.07, 6.45) is 4.61. The number of halogens is 1. The van der Waals surface area contributed by atoms with E-state index in [1.165, 1.54) is 29.8 Å². The Bertz CT molecular complexity index is 605. The summed E-state index contributed by atoms with van der Waals surface area (Å²) in [7, 11) is 4.09. The number of nitrogens with zero attached hydrogens (tertiary/aromatic N) is 2. The highest BCUT2D eigenvalue weighted by Gasteiger charge is 2.17. The molecule has 1 heterocycles. The number of rotatable bonds is 1. The summed E-state index contributed by atoms with van der Waals surface area (Å²) >= 11 is 6.58. The molecule has 0 saturated carbocycles. The molecule has 1 aromatic heterocycles. The molecule has 0 bridgehead atoms. The van der Waals surface area contributed by atoms with Gasteiger partial charge in [0, 0.05) is 30.9 Å². The van der Waals surface area contributed by atoms with Gasteiger partial charge in [-0.3, -0.25) is 4.98 Å². The van der Waals surface area contributed by atoms with Crippen LogP contribution >= 0.6 is 11.6 Å². The SMILES string of the molecule is CN(C)c1ccc2nc3c(c(Cl)c2c1)CCCC3. The van der Waals surface area contributed by atoms with Crippen LogP contribution in [0.4, 0.5) is 5.69 Å². The Morgan fingerprint density at radius 1 is 1.17 bits per heavy atom. The van der Waals surface area contributed by atoms with Crippen LogP contribution in [0.2, 0.25) is 5.02 Å². The van der Waals surface area contributed by atoms with Gasteiger partial charge in [0.2, 0.25) is 0 Å². The highest BCUT2D eigenvalue weighted by molar-refractivity contribution is 6.36. The Morgan fingerprint density at radius 2 is 1.94 bits per heavy atom. The summed E-state index contributed by atoms with van der Waals surface area (Å²) < 4.78 is 0. The Hall–Kier alpha value is -1.28. The van der Waals surface area contributed by atoms with Crippen molar-refractivity contribution in [3.63, 3.8) is 0 Å². The largest absolute Gasteiger partial charge is 0.378 e. The van der Waals surface area contributed by atoms with Crippen molar-refractivity contribution in [2.24, 2.45) is 0 Å². The lowest BCUT2D eigenvalue weighted by atomic mass is 9.94. The number of hydrogen-bond acceptors (Lipinski definition) is 2. The third-order valence-electron chi connectivity index (χ3n) is 3.69. The maximum absolute atomic E-state index is 6.58. The molecular formula is C15H17ClN2. The lowest BCUT2D eigenvalue weighted by Gasteiger charge is -2.19. The Balaban J connectivity index is 2.26. The second-order valence-electron chi connectivity index (χ2n) is 5.15. The Morgan fingerprint density at radius 3 is 2.72 bits per heavy atom. The second kappa shape index (κ2) is 4.43. The fraction of sp³-hybridized carbons (Fsp3) is 0.400. The van der Waals surface area contributed by atoms with E-state index in [9.17, 15) is 0 Å². The van der Waals surface area contributed by atoms with E-state index in [1.807, 2.05) is 14.1 Å². The van der Waals surface area contributed by atoms with Gasteiger partial charge in [-0.15, -0.1) is 0 Å². The van der Waals surface area contributed by atoms with Crippen molar-refractivity contribution in [3.05, 3.63) is 34.5 Å². The molecule has 0 fully saturated rings.